The van der Waals surface area contributed by atoms with Crippen LogP contribution in [0.4, 0.5) is 5.00 Å². The normalized spacial score (nSPS) is 13.9. The molecule has 33 heavy (non-hydrogen) atoms. The maximum atomic E-state index is 12.2. The lowest BCUT2D eigenvalue weighted by molar-refractivity contribution is -0.144. The van der Waals surface area contributed by atoms with Crippen molar-refractivity contribution in [3.63, 3.8) is 0 Å². The standard InChI is InChI=1S/C25H38N2O4S2/c1-16(2)13-20-14-21(23(32-20)27(33(29)30)25(5,6)7)19-11-9-18(10-12-19)15-26-22(17(3)4)24(28)31-8/h9-12,14,16-17,22,26H,13,15H2,1-8H3,(H,29,30)/p-1. The van der Waals surface area contributed by atoms with Gasteiger partial charge in [0.25, 0.3) is 0 Å². The minimum Gasteiger partial charge on any atom is -0.755 e. The van der Waals surface area contributed by atoms with Crippen LogP contribution >= 0.6 is 11.3 Å². The number of ether oxygens (including phenoxy) is 1. The van der Waals surface area contributed by atoms with Gasteiger partial charge in [-0.1, -0.05) is 52.0 Å². The Kier molecular flexibility index (Phi) is 9.67. The van der Waals surface area contributed by atoms with E-state index in [1.807, 2.05) is 58.9 Å². The predicted molar refractivity (Wildman–Crippen MR) is 137 cm³/mol. The van der Waals surface area contributed by atoms with E-state index in [-0.39, 0.29) is 17.9 Å². The number of methoxy groups -OCH3 is 1. The Morgan fingerprint density at radius 3 is 2.24 bits per heavy atom. The molecule has 0 aliphatic rings. The summed E-state index contributed by atoms with van der Waals surface area (Å²) in [6.07, 6.45) is 0.896. The number of esters is 1. The number of carbonyl (C=O) groups is 1. The average Bonchev–Trinajstić information content (AvgIpc) is 3.08. The molecule has 2 atom stereocenters. The minimum absolute atomic E-state index is 0.112. The molecular formula is C25H37N2O4S2-. The molecule has 2 aromatic rings. The molecule has 2 unspecified atom stereocenters. The van der Waals surface area contributed by atoms with Crippen molar-refractivity contribution < 1.29 is 18.3 Å². The van der Waals surface area contributed by atoms with Gasteiger partial charge in [0.05, 0.1) is 7.11 Å². The fraction of sp³-hybridized carbons (Fsp3) is 0.560. The van der Waals surface area contributed by atoms with Gasteiger partial charge in [0.1, 0.15) is 11.0 Å². The van der Waals surface area contributed by atoms with E-state index in [4.69, 9.17) is 4.74 Å². The predicted octanol–water partition coefficient (Wildman–Crippen LogP) is 5.30. The van der Waals surface area contributed by atoms with Crippen LogP contribution in [-0.4, -0.2) is 33.4 Å². The summed E-state index contributed by atoms with van der Waals surface area (Å²) in [4.78, 5) is 13.2. The molecule has 0 bridgehead atoms. The highest BCUT2D eigenvalue weighted by atomic mass is 32.2. The molecule has 1 heterocycles. The van der Waals surface area contributed by atoms with Crippen LogP contribution in [0.25, 0.3) is 11.1 Å². The van der Waals surface area contributed by atoms with E-state index in [1.165, 1.54) is 16.3 Å². The van der Waals surface area contributed by atoms with E-state index < -0.39 is 16.8 Å². The molecule has 8 heteroatoms. The summed E-state index contributed by atoms with van der Waals surface area (Å²) in [6, 6.07) is 9.79. The van der Waals surface area contributed by atoms with Gasteiger partial charge >= 0.3 is 5.97 Å². The topological polar surface area (TPSA) is 81.7 Å². The fourth-order valence-corrected chi connectivity index (χ4v) is 6.10. The van der Waals surface area contributed by atoms with E-state index in [9.17, 15) is 13.6 Å². The van der Waals surface area contributed by atoms with Crippen LogP contribution in [0, 0.1) is 11.8 Å². The van der Waals surface area contributed by atoms with Crippen LogP contribution < -0.4 is 9.62 Å². The third-order valence-electron chi connectivity index (χ3n) is 5.23. The lowest BCUT2D eigenvalue weighted by Crippen LogP contribution is -2.42. The zero-order valence-corrected chi connectivity index (χ0v) is 22.6. The highest BCUT2D eigenvalue weighted by molar-refractivity contribution is 7.81. The molecule has 0 aliphatic heterocycles. The van der Waals surface area contributed by atoms with Crippen LogP contribution in [-0.2, 0) is 33.8 Å². The first kappa shape index (κ1) is 27.5. The molecule has 0 spiro atoms. The third-order valence-corrected chi connectivity index (χ3v) is 7.52. The number of carbonyl (C=O) groups excluding carboxylic acids is 1. The monoisotopic (exact) mass is 493 g/mol. The molecule has 0 saturated heterocycles. The highest BCUT2D eigenvalue weighted by Crippen LogP contribution is 2.43. The second-order valence-corrected chi connectivity index (χ2v) is 11.9. The van der Waals surface area contributed by atoms with Crippen molar-refractivity contribution in [2.24, 2.45) is 11.8 Å². The molecule has 1 N–H and O–H groups in total. The second kappa shape index (κ2) is 11.6. The van der Waals surface area contributed by atoms with Crippen LogP contribution in [0.3, 0.4) is 0 Å². The molecule has 6 nitrogen and oxygen atoms in total. The van der Waals surface area contributed by atoms with Crippen molar-refractivity contribution in [3.05, 3.63) is 40.8 Å². The number of hydrogen-bond donors (Lipinski definition) is 1. The first-order chi connectivity index (χ1) is 15.3. The smallest absolute Gasteiger partial charge is 0.323 e. The molecule has 2 rings (SSSR count). The van der Waals surface area contributed by atoms with Gasteiger partial charge in [0.2, 0.25) is 0 Å². The summed E-state index contributed by atoms with van der Waals surface area (Å²) in [5, 5.41) is 4.01. The first-order valence-electron chi connectivity index (χ1n) is 11.3. The Balaban J connectivity index is 2.36. The zero-order chi connectivity index (χ0) is 24.9. The summed E-state index contributed by atoms with van der Waals surface area (Å²) in [6.45, 7) is 14.5. The van der Waals surface area contributed by atoms with Gasteiger partial charge in [-0.3, -0.25) is 13.3 Å². The largest absolute Gasteiger partial charge is 0.755 e. The van der Waals surface area contributed by atoms with Gasteiger partial charge in [-0.25, -0.2) is 0 Å². The molecule has 0 radical (unpaired) electrons. The van der Waals surface area contributed by atoms with E-state index in [0.29, 0.717) is 12.5 Å². The Morgan fingerprint density at radius 1 is 1.18 bits per heavy atom. The maximum Gasteiger partial charge on any atom is 0.323 e. The second-order valence-electron chi connectivity index (χ2n) is 10.0. The Morgan fingerprint density at radius 2 is 1.79 bits per heavy atom. The van der Waals surface area contributed by atoms with Crippen LogP contribution in [0.2, 0.25) is 0 Å². The van der Waals surface area contributed by atoms with Crippen LogP contribution in [0.1, 0.15) is 58.9 Å². The average molecular weight is 494 g/mol. The van der Waals surface area contributed by atoms with Crippen molar-refractivity contribution in [2.75, 3.05) is 11.4 Å². The van der Waals surface area contributed by atoms with E-state index >= 15 is 0 Å². The van der Waals surface area contributed by atoms with Crippen molar-refractivity contribution in [1.82, 2.24) is 5.32 Å². The van der Waals surface area contributed by atoms with Gasteiger partial charge in [0.15, 0.2) is 0 Å². The summed E-state index contributed by atoms with van der Waals surface area (Å²) in [5.74, 6) is 0.318. The molecule has 184 valence electrons. The summed E-state index contributed by atoms with van der Waals surface area (Å²) < 4.78 is 30.7. The van der Waals surface area contributed by atoms with Gasteiger partial charge in [0, 0.05) is 33.8 Å². The van der Waals surface area contributed by atoms with E-state index in [2.05, 4.69) is 25.2 Å². The lowest BCUT2D eigenvalue weighted by Gasteiger charge is -2.38. The van der Waals surface area contributed by atoms with Gasteiger partial charge < -0.3 is 14.6 Å². The number of benzene rings is 1. The number of rotatable bonds is 10. The molecule has 1 aromatic heterocycles. The van der Waals surface area contributed by atoms with Crippen molar-refractivity contribution >= 4 is 33.6 Å². The molecule has 0 saturated carbocycles. The minimum atomic E-state index is -2.39. The maximum absolute atomic E-state index is 12.2. The van der Waals surface area contributed by atoms with Crippen molar-refractivity contribution in [1.29, 1.82) is 0 Å². The summed E-state index contributed by atoms with van der Waals surface area (Å²) in [5.41, 5.74) is 2.34. The SMILES string of the molecule is COC(=O)C(NCc1ccc(-c2cc(CC(C)C)sc2N(S(=O)[O-])C(C)(C)C)cc1)C(C)C. The fourth-order valence-electron chi connectivity index (χ4n) is 3.64. The summed E-state index contributed by atoms with van der Waals surface area (Å²) in [7, 11) is 1.40. The quantitative estimate of drug-likeness (QED) is 0.359. The number of thiophene rings is 1. The number of hydrogen-bond acceptors (Lipinski definition) is 6. The van der Waals surface area contributed by atoms with Crippen molar-refractivity contribution in [2.45, 2.75) is 73.0 Å². The van der Waals surface area contributed by atoms with E-state index in [0.717, 1.165) is 28.1 Å². The summed E-state index contributed by atoms with van der Waals surface area (Å²) >= 11 is -0.848. The Labute approximate surface area is 205 Å². The molecule has 0 aliphatic carbocycles. The lowest BCUT2D eigenvalue weighted by atomic mass is 10.0. The Hall–Kier alpha value is -1.74. The van der Waals surface area contributed by atoms with E-state index in [1.54, 1.807) is 11.3 Å². The number of anilines is 1. The molecule has 0 amide bonds. The first-order valence-corrected chi connectivity index (χ1v) is 13.1. The van der Waals surface area contributed by atoms with Gasteiger partial charge in [-0.15, -0.1) is 11.3 Å². The third kappa shape index (κ3) is 7.37. The molecular weight excluding hydrogens is 456 g/mol. The van der Waals surface area contributed by atoms with Crippen LogP contribution in [0.15, 0.2) is 30.3 Å². The van der Waals surface area contributed by atoms with Crippen molar-refractivity contribution in [3.8, 4) is 11.1 Å². The van der Waals surface area contributed by atoms with Crippen LogP contribution in [0.5, 0.6) is 0 Å². The molecule has 1 aromatic carbocycles. The van der Waals surface area contributed by atoms with Gasteiger partial charge in [-0.2, -0.15) is 0 Å². The number of nitrogens with zero attached hydrogens (tertiary/aromatic N) is 1. The zero-order valence-electron chi connectivity index (χ0n) is 20.9. The highest BCUT2D eigenvalue weighted by Gasteiger charge is 2.28. The molecule has 0 fully saturated rings. The van der Waals surface area contributed by atoms with Gasteiger partial charge in [-0.05, 0) is 56.2 Å². The number of nitrogens with one attached hydrogen (secondary N) is 1. The Bertz CT molecular complexity index is 946.